The van der Waals surface area contributed by atoms with Crippen LogP contribution in [0.25, 0.3) is 21.9 Å². The van der Waals surface area contributed by atoms with Crippen molar-refractivity contribution in [3.63, 3.8) is 0 Å². The Balaban J connectivity index is 1.10. The van der Waals surface area contributed by atoms with Gasteiger partial charge in [-0.15, -0.1) is 0 Å². The number of aromatic nitrogens is 5. The number of piperidine rings is 1. The summed E-state index contributed by atoms with van der Waals surface area (Å²) < 4.78 is 2.86. The highest BCUT2D eigenvalue weighted by molar-refractivity contribution is 9.10. The summed E-state index contributed by atoms with van der Waals surface area (Å²) in [6.07, 6.45) is 5.64. The van der Waals surface area contributed by atoms with E-state index in [-0.39, 0.29) is 17.6 Å². The minimum atomic E-state index is -0.116. The molecule has 2 aromatic carbocycles. The maximum atomic E-state index is 13.4. The van der Waals surface area contributed by atoms with Gasteiger partial charge in [-0.25, -0.2) is 14.8 Å². The standard InChI is InChI=1S/C28H24BrN7O2/c29-18-5-6-23-17(13-18)7-12-35(23)27(37)22-14-25(32-16-31-22)34-10-8-19(9-11-34)36-24-15-30-21-4-2-1-3-20(21)26(24)33-28(36)38/h1-6,13-16,19H,7-12H2,(H,33,38). The van der Waals surface area contributed by atoms with Crippen molar-refractivity contribution in [3.05, 3.63) is 87.3 Å². The monoisotopic (exact) mass is 569 g/mol. The number of H-pyrrole nitrogens is 1. The number of hydrogen-bond donors (Lipinski definition) is 1. The van der Waals surface area contributed by atoms with E-state index in [9.17, 15) is 9.59 Å². The number of aromatic amines is 1. The molecule has 0 bridgehead atoms. The van der Waals surface area contributed by atoms with Crippen molar-refractivity contribution in [1.29, 1.82) is 0 Å². The van der Waals surface area contributed by atoms with Crippen LogP contribution in [0.2, 0.25) is 0 Å². The van der Waals surface area contributed by atoms with Crippen molar-refractivity contribution in [2.24, 2.45) is 0 Å². The molecule has 2 aliphatic rings. The normalized spacial score (nSPS) is 15.9. The molecule has 2 aliphatic heterocycles. The van der Waals surface area contributed by atoms with Crippen LogP contribution in [0.15, 0.2) is 70.3 Å². The van der Waals surface area contributed by atoms with Gasteiger partial charge >= 0.3 is 5.69 Å². The number of carbonyl (C=O) groups excluding carboxylic acids is 1. The lowest BCUT2D eigenvalue weighted by Gasteiger charge is -2.33. The number of nitrogens with zero attached hydrogens (tertiary/aromatic N) is 6. The Kier molecular flexibility index (Phi) is 5.50. The Morgan fingerprint density at radius 2 is 1.84 bits per heavy atom. The number of fused-ring (bicyclic) bond motifs is 4. The van der Waals surface area contributed by atoms with Gasteiger partial charge in [0.25, 0.3) is 5.91 Å². The van der Waals surface area contributed by atoms with Crippen LogP contribution >= 0.6 is 15.9 Å². The summed E-state index contributed by atoms with van der Waals surface area (Å²) in [6, 6.07) is 15.7. The van der Waals surface area contributed by atoms with Crippen LogP contribution in [0, 0.1) is 0 Å². The molecule has 5 heterocycles. The zero-order valence-corrected chi connectivity index (χ0v) is 22.1. The van der Waals surface area contributed by atoms with Crippen molar-refractivity contribution in [2.75, 3.05) is 29.4 Å². The van der Waals surface area contributed by atoms with Gasteiger partial charge in [0.05, 0.1) is 22.7 Å². The van der Waals surface area contributed by atoms with Gasteiger partial charge in [-0.05, 0) is 49.1 Å². The van der Waals surface area contributed by atoms with Crippen LogP contribution in [0.3, 0.4) is 0 Å². The quantitative estimate of drug-likeness (QED) is 0.344. The summed E-state index contributed by atoms with van der Waals surface area (Å²) in [4.78, 5) is 46.7. The number of nitrogens with one attached hydrogen (secondary N) is 1. The number of carbonyl (C=O) groups is 1. The third kappa shape index (κ3) is 3.78. The van der Waals surface area contributed by atoms with E-state index in [0.717, 1.165) is 75.8 Å². The molecule has 0 saturated carbocycles. The molecule has 1 fully saturated rings. The summed E-state index contributed by atoms with van der Waals surface area (Å²) in [6.45, 7) is 2.07. The molecule has 0 spiro atoms. The summed E-state index contributed by atoms with van der Waals surface area (Å²) in [5.41, 5.74) is 4.90. The predicted octanol–water partition coefficient (Wildman–Crippen LogP) is 4.47. The van der Waals surface area contributed by atoms with Crippen LogP contribution in [0.4, 0.5) is 11.5 Å². The molecule has 10 heteroatoms. The number of benzene rings is 2. The number of anilines is 2. The van der Waals surface area contributed by atoms with Gasteiger partial charge in [-0.2, -0.15) is 0 Å². The molecule has 1 N–H and O–H groups in total. The number of pyridine rings is 1. The number of imidazole rings is 1. The first-order valence-corrected chi connectivity index (χ1v) is 13.5. The highest BCUT2D eigenvalue weighted by Crippen LogP contribution is 2.32. The van der Waals surface area contributed by atoms with Crippen molar-refractivity contribution in [3.8, 4) is 0 Å². The van der Waals surface area contributed by atoms with Crippen LogP contribution < -0.4 is 15.5 Å². The fourth-order valence-electron chi connectivity index (χ4n) is 5.79. The Labute approximate surface area is 226 Å². The average Bonchev–Trinajstić information content (AvgIpc) is 3.53. The average molecular weight is 570 g/mol. The van der Waals surface area contributed by atoms with E-state index in [1.54, 1.807) is 17.2 Å². The van der Waals surface area contributed by atoms with Crippen LogP contribution in [0.1, 0.15) is 34.9 Å². The smallest absolute Gasteiger partial charge is 0.326 e. The summed E-state index contributed by atoms with van der Waals surface area (Å²) in [5, 5.41) is 0.949. The topological polar surface area (TPSA) is 100 Å². The Bertz CT molecular complexity index is 1770. The second-order valence-electron chi connectivity index (χ2n) is 9.80. The Morgan fingerprint density at radius 1 is 1.00 bits per heavy atom. The van der Waals surface area contributed by atoms with E-state index in [1.165, 1.54) is 6.33 Å². The highest BCUT2D eigenvalue weighted by atomic mass is 79.9. The number of halogens is 1. The van der Waals surface area contributed by atoms with E-state index >= 15 is 0 Å². The van der Waals surface area contributed by atoms with E-state index in [2.05, 4.69) is 46.8 Å². The first-order chi connectivity index (χ1) is 18.6. The minimum absolute atomic E-state index is 0.0545. The molecule has 5 aromatic rings. The molecular weight excluding hydrogens is 546 g/mol. The van der Waals surface area contributed by atoms with Gasteiger partial charge in [0.2, 0.25) is 0 Å². The van der Waals surface area contributed by atoms with Gasteiger partial charge in [0.1, 0.15) is 17.8 Å². The van der Waals surface area contributed by atoms with Crippen molar-refractivity contribution in [1.82, 2.24) is 24.5 Å². The van der Waals surface area contributed by atoms with Gasteiger partial charge in [-0.1, -0.05) is 34.1 Å². The predicted molar refractivity (Wildman–Crippen MR) is 150 cm³/mol. The highest BCUT2D eigenvalue weighted by Gasteiger charge is 2.29. The SMILES string of the molecule is O=C(c1cc(N2CCC(n3c(=O)[nH]c4c5ccccc5ncc43)CC2)ncn1)N1CCc2cc(Br)ccc21. The lowest BCUT2D eigenvalue weighted by molar-refractivity contribution is 0.0984. The summed E-state index contributed by atoms with van der Waals surface area (Å²) in [7, 11) is 0. The second-order valence-corrected chi connectivity index (χ2v) is 10.7. The lowest BCUT2D eigenvalue weighted by atomic mass is 10.0. The van der Waals surface area contributed by atoms with Gasteiger partial charge < -0.3 is 14.8 Å². The summed E-state index contributed by atoms with van der Waals surface area (Å²) in [5.74, 6) is 0.616. The van der Waals surface area contributed by atoms with E-state index in [4.69, 9.17) is 0 Å². The van der Waals surface area contributed by atoms with Crippen LogP contribution in [-0.4, -0.2) is 50.0 Å². The first-order valence-electron chi connectivity index (χ1n) is 12.7. The van der Waals surface area contributed by atoms with Crippen molar-refractivity contribution < 1.29 is 4.79 Å². The lowest BCUT2D eigenvalue weighted by Crippen LogP contribution is -2.37. The van der Waals surface area contributed by atoms with Gasteiger partial charge in [0, 0.05) is 47.3 Å². The second kappa shape index (κ2) is 9.05. The molecule has 0 unspecified atom stereocenters. The molecule has 0 atom stereocenters. The van der Waals surface area contributed by atoms with E-state index in [0.29, 0.717) is 12.2 Å². The van der Waals surface area contributed by atoms with Crippen molar-refractivity contribution in [2.45, 2.75) is 25.3 Å². The molecule has 0 aliphatic carbocycles. The van der Waals surface area contributed by atoms with Gasteiger partial charge in [0.15, 0.2) is 0 Å². The molecule has 1 amide bonds. The van der Waals surface area contributed by atoms with Crippen LogP contribution in [-0.2, 0) is 6.42 Å². The number of para-hydroxylation sites is 1. The van der Waals surface area contributed by atoms with Gasteiger partial charge in [-0.3, -0.25) is 14.3 Å². The Morgan fingerprint density at radius 3 is 2.71 bits per heavy atom. The Hall–Kier alpha value is -4.05. The first kappa shape index (κ1) is 23.1. The number of hydrogen-bond acceptors (Lipinski definition) is 6. The summed E-state index contributed by atoms with van der Waals surface area (Å²) >= 11 is 3.51. The molecular formula is C28H24BrN7O2. The number of rotatable bonds is 3. The largest absolute Gasteiger partial charge is 0.356 e. The minimum Gasteiger partial charge on any atom is -0.356 e. The fraction of sp³-hybridized carbons (Fsp3) is 0.250. The molecule has 38 heavy (non-hydrogen) atoms. The molecule has 3 aromatic heterocycles. The number of amides is 1. The van der Waals surface area contributed by atoms with E-state index in [1.807, 2.05) is 41.0 Å². The third-order valence-electron chi connectivity index (χ3n) is 7.67. The maximum Gasteiger partial charge on any atom is 0.326 e. The zero-order valence-electron chi connectivity index (χ0n) is 20.5. The molecule has 9 nitrogen and oxygen atoms in total. The molecule has 190 valence electrons. The fourth-order valence-corrected chi connectivity index (χ4v) is 6.20. The van der Waals surface area contributed by atoms with Crippen LogP contribution in [0.5, 0.6) is 0 Å². The molecule has 0 radical (unpaired) electrons. The third-order valence-corrected chi connectivity index (χ3v) is 8.17. The zero-order chi connectivity index (χ0) is 25.8. The van der Waals surface area contributed by atoms with Crippen molar-refractivity contribution >= 4 is 55.3 Å². The van der Waals surface area contributed by atoms with E-state index < -0.39 is 0 Å². The molecule has 1 saturated heterocycles. The molecule has 7 rings (SSSR count). The maximum absolute atomic E-state index is 13.4.